The predicted molar refractivity (Wildman–Crippen MR) is 81.0 cm³/mol. The molecule has 3 heteroatoms. The van der Waals surface area contributed by atoms with Gasteiger partial charge in [0.25, 0.3) is 0 Å². The SMILES string of the molecule is CCNC(CC1=CCCCC1)Cc1cnccc1N. The third kappa shape index (κ3) is 4.35. The van der Waals surface area contributed by atoms with Crippen LogP contribution < -0.4 is 11.1 Å². The molecule has 0 saturated heterocycles. The van der Waals surface area contributed by atoms with Crippen molar-refractivity contribution in [3.05, 3.63) is 35.7 Å². The molecule has 0 fully saturated rings. The zero-order valence-electron chi connectivity index (χ0n) is 11.9. The number of nitrogen functional groups attached to an aromatic ring is 1. The maximum Gasteiger partial charge on any atom is 0.0378 e. The molecule has 1 aliphatic carbocycles. The highest BCUT2D eigenvalue weighted by Gasteiger charge is 2.14. The summed E-state index contributed by atoms with van der Waals surface area (Å²) in [4.78, 5) is 4.18. The molecule has 3 nitrogen and oxygen atoms in total. The second-order valence-electron chi connectivity index (χ2n) is 5.35. The quantitative estimate of drug-likeness (QED) is 0.772. The summed E-state index contributed by atoms with van der Waals surface area (Å²) in [6.07, 6.45) is 13.4. The molecule has 1 aliphatic rings. The van der Waals surface area contributed by atoms with Crippen LogP contribution in [0, 0.1) is 0 Å². The fourth-order valence-corrected chi connectivity index (χ4v) is 2.79. The lowest BCUT2D eigenvalue weighted by Gasteiger charge is -2.22. The number of nitrogens with one attached hydrogen (secondary N) is 1. The first-order chi connectivity index (χ1) is 9.29. The van der Waals surface area contributed by atoms with E-state index in [0.717, 1.165) is 30.6 Å². The van der Waals surface area contributed by atoms with Crippen LogP contribution in [0.5, 0.6) is 0 Å². The molecule has 1 aromatic heterocycles. The second-order valence-corrected chi connectivity index (χ2v) is 5.35. The zero-order chi connectivity index (χ0) is 13.5. The van der Waals surface area contributed by atoms with Crippen LogP contribution in [0.3, 0.4) is 0 Å². The van der Waals surface area contributed by atoms with Crippen LogP contribution in [-0.4, -0.2) is 17.6 Å². The molecular weight excluding hydrogens is 234 g/mol. The van der Waals surface area contributed by atoms with Gasteiger partial charge in [0.2, 0.25) is 0 Å². The number of anilines is 1. The summed E-state index contributed by atoms with van der Waals surface area (Å²) < 4.78 is 0. The Hall–Kier alpha value is -1.35. The number of hydrogen-bond donors (Lipinski definition) is 2. The van der Waals surface area contributed by atoms with E-state index in [2.05, 4.69) is 23.3 Å². The van der Waals surface area contributed by atoms with E-state index in [1.165, 1.54) is 25.7 Å². The van der Waals surface area contributed by atoms with Gasteiger partial charge in [0.15, 0.2) is 0 Å². The van der Waals surface area contributed by atoms with E-state index in [1.54, 1.807) is 11.8 Å². The minimum atomic E-state index is 0.473. The number of rotatable bonds is 6. The molecule has 0 aliphatic heterocycles. The average molecular weight is 259 g/mol. The van der Waals surface area contributed by atoms with Gasteiger partial charge in [-0.05, 0) is 56.7 Å². The topological polar surface area (TPSA) is 50.9 Å². The standard InChI is InChI=1S/C16H25N3/c1-2-19-15(10-13-6-4-3-5-7-13)11-14-12-18-9-8-16(14)17/h6,8-9,12,15,19H,2-5,7,10-11H2,1H3,(H2,17,18). The minimum absolute atomic E-state index is 0.473. The summed E-state index contributed by atoms with van der Waals surface area (Å²) in [6, 6.07) is 2.36. The van der Waals surface area contributed by atoms with E-state index >= 15 is 0 Å². The van der Waals surface area contributed by atoms with Gasteiger partial charge in [-0.3, -0.25) is 4.98 Å². The highest BCUT2D eigenvalue weighted by atomic mass is 14.9. The fourth-order valence-electron chi connectivity index (χ4n) is 2.79. The van der Waals surface area contributed by atoms with Crippen molar-refractivity contribution < 1.29 is 0 Å². The van der Waals surface area contributed by atoms with Crippen LogP contribution >= 0.6 is 0 Å². The lowest BCUT2D eigenvalue weighted by Crippen LogP contribution is -2.32. The van der Waals surface area contributed by atoms with Crippen LogP contribution in [-0.2, 0) is 6.42 Å². The Balaban J connectivity index is 1.99. The van der Waals surface area contributed by atoms with Crippen LogP contribution in [0.4, 0.5) is 5.69 Å². The number of nitrogens with two attached hydrogens (primary N) is 1. The van der Waals surface area contributed by atoms with Crippen LogP contribution in [0.2, 0.25) is 0 Å². The van der Waals surface area contributed by atoms with Gasteiger partial charge in [0.05, 0.1) is 0 Å². The molecule has 1 aromatic rings. The zero-order valence-corrected chi connectivity index (χ0v) is 11.9. The Labute approximate surface area is 116 Å². The highest BCUT2D eigenvalue weighted by Crippen LogP contribution is 2.23. The molecule has 0 spiro atoms. The largest absolute Gasteiger partial charge is 0.398 e. The summed E-state index contributed by atoms with van der Waals surface area (Å²) in [5, 5.41) is 3.58. The lowest BCUT2D eigenvalue weighted by molar-refractivity contribution is 0.504. The van der Waals surface area contributed by atoms with E-state index < -0.39 is 0 Å². The maximum atomic E-state index is 6.02. The second kappa shape index (κ2) is 7.29. The highest BCUT2D eigenvalue weighted by molar-refractivity contribution is 5.44. The van der Waals surface area contributed by atoms with Gasteiger partial charge in [-0.2, -0.15) is 0 Å². The lowest BCUT2D eigenvalue weighted by atomic mass is 9.92. The monoisotopic (exact) mass is 259 g/mol. The van der Waals surface area contributed by atoms with Crippen molar-refractivity contribution in [1.82, 2.24) is 10.3 Å². The van der Waals surface area contributed by atoms with Gasteiger partial charge in [-0.15, -0.1) is 0 Å². The number of allylic oxidation sites excluding steroid dienone is 1. The first-order valence-corrected chi connectivity index (χ1v) is 7.39. The predicted octanol–water partition coefficient (Wildman–Crippen LogP) is 3.07. The van der Waals surface area contributed by atoms with Gasteiger partial charge in [-0.1, -0.05) is 18.6 Å². The van der Waals surface area contributed by atoms with E-state index in [-0.39, 0.29) is 0 Å². The number of aromatic nitrogens is 1. The number of likely N-dealkylation sites (N-methyl/N-ethyl adjacent to an activating group) is 1. The molecule has 1 heterocycles. The van der Waals surface area contributed by atoms with Gasteiger partial charge < -0.3 is 11.1 Å². The van der Waals surface area contributed by atoms with Gasteiger partial charge >= 0.3 is 0 Å². The van der Waals surface area contributed by atoms with Crippen molar-refractivity contribution in [1.29, 1.82) is 0 Å². The third-order valence-corrected chi connectivity index (χ3v) is 3.79. The summed E-state index contributed by atoms with van der Waals surface area (Å²) in [7, 11) is 0. The number of pyridine rings is 1. The van der Waals surface area contributed by atoms with Crippen molar-refractivity contribution in [3.63, 3.8) is 0 Å². The molecular formula is C16H25N3. The molecule has 0 radical (unpaired) electrons. The number of nitrogens with zero attached hydrogens (tertiary/aromatic N) is 1. The first kappa shape index (κ1) is 14.1. The molecule has 2 rings (SSSR count). The molecule has 1 atom stereocenters. The van der Waals surface area contributed by atoms with Crippen molar-refractivity contribution >= 4 is 5.69 Å². The van der Waals surface area contributed by atoms with Crippen molar-refractivity contribution in [2.24, 2.45) is 0 Å². The van der Waals surface area contributed by atoms with E-state index in [9.17, 15) is 0 Å². The molecule has 0 aromatic carbocycles. The van der Waals surface area contributed by atoms with Crippen molar-refractivity contribution in [2.45, 2.75) is 51.5 Å². The molecule has 3 N–H and O–H groups in total. The Bertz CT molecular complexity index is 426. The Morgan fingerprint density at radius 3 is 2.95 bits per heavy atom. The summed E-state index contributed by atoms with van der Waals surface area (Å²) >= 11 is 0. The van der Waals surface area contributed by atoms with Crippen LogP contribution in [0.15, 0.2) is 30.1 Å². The molecule has 0 bridgehead atoms. The first-order valence-electron chi connectivity index (χ1n) is 7.39. The van der Waals surface area contributed by atoms with Crippen LogP contribution in [0.1, 0.15) is 44.6 Å². The van der Waals surface area contributed by atoms with Gasteiger partial charge in [-0.25, -0.2) is 0 Å². The average Bonchev–Trinajstić information content (AvgIpc) is 2.43. The molecule has 19 heavy (non-hydrogen) atoms. The Kier molecular flexibility index (Phi) is 5.40. The van der Waals surface area contributed by atoms with E-state index in [0.29, 0.717) is 6.04 Å². The number of hydrogen-bond acceptors (Lipinski definition) is 3. The fraction of sp³-hybridized carbons (Fsp3) is 0.562. The Morgan fingerprint density at radius 2 is 2.26 bits per heavy atom. The normalized spacial score (nSPS) is 17.0. The van der Waals surface area contributed by atoms with E-state index in [4.69, 9.17) is 5.73 Å². The van der Waals surface area contributed by atoms with Gasteiger partial charge in [0.1, 0.15) is 0 Å². The van der Waals surface area contributed by atoms with Crippen molar-refractivity contribution in [2.75, 3.05) is 12.3 Å². The maximum absolute atomic E-state index is 6.02. The van der Waals surface area contributed by atoms with Crippen LogP contribution in [0.25, 0.3) is 0 Å². The van der Waals surface area contributed by atoms with Crippen molar-refractivity contribution in [3.8, 4) is 0 Å². The Morgan fingerprint density at radius 1 is 1.37 bits per heavy atom. The van der Waals surface area contributed by atoms with E-state index in [1.807, 2.05) is 12.3 Å². The molecule has 104 valence electrons. The van der Waals surface area contributed by atoms with Gasteiger partial charge in [0, 0.05) is 24.1 Å². The third-order valence-electron chi connectivity index (χ3n) is 3.79. The smallest absolute Gasteiger partial charge is 0.0378 e. The molecule has 0 amide bonds. The summed E-state index contributed by atoms with van der Waals surface area (Å²) in [5.41, 5.74) is 9.64. The summed E-state index contributed by atoms with van der Waals surface area (Å²) in [5.74, 6) is 0. The molecule has 1 unspecified atom stereocenters. The summed E-state index contributed by atoms with van der Waals surface area (Å²) in [6.45, 7) is 3.16. The minimum Gasteiger partial charge on any atom is -0.398 e. The molecule has 0 saturated carbocycles.